The molecule has 0 radical (unpaired) electrons. The number of aromatic hydroxyl groups is 1. The molecular formula is C25H31N3O7. The summed E-state index contributed by atoms with van der Waals surface area (Å²) in [7, 11) is 0. The number of carbonyl (C=O) groups excluding carboxylic acids is 3. The lowest BCUT2D eigenvalue weighted by Crippen LogP contribution is -2.57. The van der Waals surface area contributed by atoms with Gasteiger partial charge in [0.05, 0.1) is 0 Å². The van der Waals surface area contributed by atoms with Crippen LogP contribution in [0.25, 0.3) is 0 Å². The van der Waals surface area contributed by atoms with E-state index in [-0.39, 0.29) is 24.7 Å². The van der Waals surface area contributed by atoms with Crippen molar-refractivity contribution in [3.63, 3.8) is 0 Å². The molecule has 0 aromatic heterocycles. The third kappa shape index (κ3) is 9.00. The number of benzene rings is 2. The molecular weight excluding hydrogens is 454 g/mol. The molecule has 0 spiro atoms. The van der Waals surface area contributed by atoms with Crippen LogP contribution < -0.4 is 16.0 Å². The Balaban J connectivity index is 2.13. The van der Waals surface area contributed by atoms with Gasteiger partial charge in [-0.05, 0) is 36.1 Å². The molecule has 0 aliphatic rings. The molecule has 35 heavy (non-hydrogen) atoms. The normalized spacial score (nSPS) is 13.3. The molecule has 5 N–H and O–H groups in total. The van der Waals surface area contributed by atoms with Gasteiger partial charge in [-0.3, -0.25) is 14.4 Å². The number of phenols is 1. The Hall–Kier alpha value is -4.08. The van der Waals surface area contributed by atoms with Crippen LogP contribution in [-0.4, -0.2) is 52.2 Å². The first-order chi connectivity index (χ1) is 16.6. The van der Waals surface area contributed by atoms with Crippen molar-refractivity contribution >= 4 is 23.9 Å². The summed E-state index contributed by atoms with van der Waals surface area (Å²) in [5.74, 6) is -2.82. The van der Waals surface area contributed by atoms with E-state index in [0.717, 1.165) is 5.56 Å². The molecule has 0 fully saturated rings. The zero-order valence-electron chi connectivity index (χ0n) is 19.9. The van der Waals surface area contributed by atoms with E-state index in [1.807, 2.05) is 6.07 Å². The average Bonchev–Trinajstić information content (AvgIpc) is 2.82. The van der Waals surface area contributed by atoms with E-state index in [1.54, 1.807) is 50.2 Å². The summed E-state index contributed by atoms with van der Waals surface area (Å²) in [5, 5.41) is 26.1. The average molecular weight is 486 g/mol. The first kappa shape index (κ1) is 27.2. The fourth-order valence-corrected chi connectivity index (χ4v) is 3.14. The Kier molecular flexibility index (Phi) is 10.1. The fraction of sp³-hybridized carbons (Fsp3) is 0.360. The molecule has 10 nitrogen and oxygen atoms in total. The van der Waals surface area contributed by atoms with Gasteiger partial charge in [0.1, 0.15) is 30.5 Å². The number of amides is 3. The molecule has 10 heteroatoms. The molecule has 188 valence electrons. The topological polar surface area (TPSA) is 154 Å². The smallest absolute Gasteiger partial charge is 0.408 e. The molecule has 0 saturated heterocycles. The largest absolute Gasteiger partial charge is 0.508 e. The van der Waals surface area contributed by atoms with Gasteiger partial charge in [-0.25, -0.2) is 4.79 Å². The van der Waals surface area contributed by atoms with Crippen molar-refractivity contribution in [3.8, 4) is 5.75 Å². The number of carboxylic acids is 1. The molecule has 0 saturated carbocycles. The van der Waals surface area contributed by atoms with Crippen LogP contribution in [0, 0.1) is 5.92 Å². The monoisotopic (exact) mass is 485 g/mol. The third-order valence-electron chi connectivity index (χ3n) is 5.17. The highest BCUT2D eigenvalue weighted by molar-refractivity contribution is 5.93. The summed E-state index contributed by atoms with van der Waals surface area (Å²) in [5.41, 5.74) is 1.42. The highest BCUT2D eigenvalue weighted by atomic mass is 16.5. The van der Waals surface area contributed by atoms with Crippen molar-refractivity contribution in [1.29, 1.82) is 0 Å². The Morgan fingerprint density at radius 2 is 1.46 bits per heavy atom. The number of ether oxygens (including phenoxy) is 1. The Bertz CT molecular complexity index is 1010. The zero-order valence-corrected chi connectivity index (χ0v) is 19.9. The van der Waals surface area contributed by atoms with E-state index in [2.05, 4.69) is 16.0 Å². The van der Waals surface area contributed by atoms with Gasteiger partial charge in [0.25, 0.3) is 0 Å². The molecule has 0 heterocycles. The number of hydrogen-bond donors (Lipinski definition) is 5. The lowest BCUT2D eigenvalue weighted by atomic mass is 10.0. The zero-order chi connectivity index (χ0) is 26.0. The minimum atomic E-state index is -1.21. The predicted octanol–water partition coefficient (Wildman–Crippen LogP) is 1.96. The fourth-order valence-electron chi connectivity index (χ4n) is 3.14. The maximum Gasteiger partial charge on any atom is 0.408 e. The molecule has 3 amide bonds. The second-order valence-electron chi connectivity index (χ2n) is 8.43. The van der Waals surface area contributed by atoms with E-state index in [4.69, 9.17) is 9.84 Å². The highest BCUT2D eigenvalue weighted by Crippen LogP contribution is 2.12. The van der Waals surface area contributed by atoms with Gasteiger partial charge in [0, 0.05) is 6.42 Å². The SMILES string of the molecule is CC(C)[C@H](NC(=O)[C@H](Cc1ccc(O)cc1)NC(=O)OCc1ccccc1)C(=O)N[C@@H](C)C(=O)O. The lowest BCUT2D eigenvalue weighted by Gasteiger charge is -2.26. The molecule has 3 atom stereocenters. The van der Waals surface area contributed by atoms with E-state index in [1.165, 1.54) is 19.1 Å². The molecule has 0 bridgehead atoms. The molecule has 2 aromatic rings. The Labute approximate surface area is 203 Å². The summed E-state index contributed by atoms with van der Waals surface area (Å²) in [6.07, 6.45) is -0.761. The minimum Gasteiger partial charge on any atom is -0.508 e. The molecule has 0 unspecified atom stereocenters. The van der Waals surface area contributed by atoms with Crippen molar-refractivity contribution in [2.24, 2.45) is 5.92 Å². The number of alkyl carbamates (subject to hydrolysis) is 1. The van der Waals surface area contributed by atoms with Crippen LogP contribution in [-0.2, 0) is 32.1 Å². The number of carbonyl (C=O) groups is 4. The van der Waals surface area contributed by atoms with Gasteiger partial charge in [-0.2, -0.15) is 0 Å². The van der Waals surface area contributed by atoms with Gasteiger partial charge in [0.15, 0.2) is 0 Å². The lowest BCUT2D eigenvalue weighted by molar-refractivity contribution is -0.142. The van der Waals surface area contributed by atoms with E-state index < -0.39 is 42.0 Å². The van der Waals surface area contributed by atoms with Crippen LogP contribution in [0.1, 0.15) is 31.9 Å². The van der Waals surface area contributed by atoms with Crippen LogP contribution in [0.3, 0.4) is 0 Å². The summed E-state index contributed by atoms with van der Waals surface area (Å²) in [6, 6.07) is 11.9. The molecule has 0 aliphatic carbocycles. The van der Waals surface area contributed by atoms with Crippen molar-refractivity contribution in [1.82, 2.24) is 16.0 Å². The van der Waals surface area contributed by atoms with Gasteiger partial charge >= 0.3 is 12.1 Å². The summed E-state index contributed by atoms with van der Waals surface area (Å²) in [4.78, 5) is 49.3. The summed E-state index contributed by atoms with van der Waals surface area (Å²) < 4.78 is 5.23. The molecule has 0 aliphatic heterocycles. The van der Waals surface area contributed by atoms with Crippen molar-refractivity contribution < 1.29 is 34.1 Å². The first-order valence-electron chi connectivity index (χ1n) is 11.2. The second kappa shape index (κ2) is 13.0. The van der Waals surface area contributed by atoms with Gasteiger partial charge < -0.3 is 30.9 Å². The molecule has 2 rings (SSSR count). The number of carboxylic acid groups (broad SMARTS) is 1. The van der Waals surface area contributed by atoms with E-state index >= 15 is 0 Å². The minimum absolute atomic E-state index is 0.00429. The van der Waals surface area contributed by atoms with Crippen LogP contribution in [0.5, 0.6) is 5.75 Å². The number of phenolic OH excluding ortho intramolecular Hbond substituents is 1. The van der Waals surface area contributed by atoms with Crippen molar-refractivity contribution in [2.75, 3.05) is 0 Å². The Morgan fingerprint density at radius 1 is 0.829 bits per heavy atom. The van der Waals surface area contributed by atoms with Gasteiger partial charge in [-0.1, -0.05) is 56.3 Å². The van der Waals surface area contributed by atoms with Crippen LogP contribution >= 0.6 is 0 Å². The van der Waals surface area contributed by atoms with Crippen molar-refractivity contribution in [3.05, 3.63) is 65.7 Å². The van der Waals surface area contributed by atoms with E-state index in [0.29, 0.717) is 5.56 Å². The van der Waals surface area contributed by atoms with Crippen LogP contribution in [0.4, 0.5) is 4.79 Å². The predicted molar refractivity (Wildman–Crippen MR) is 127 cm³/mol. The second-order valence-corrected chi connectivity index (χ2v) is 8.43. The number of nitrogens with one attached hydrogen (secondary N) is 3. The number of aliphatic carboxylic acids is 1. The number of rotatable bonds is 11. The summed E-state index contributed by atoms with van der Waals surface area (Å²) >= 11 is 0. The van der Waals surface area contributed by atoms with Gasteiger partial charge in [0.2, 0.25) is 11.8 Å². The quantitative estimate of drug-likeness (QED) is 0.326. The Morgan fingerprint density at radius 3 is 2.03 bits per heavy atom. The highest BCUT2D eigenvalue weighted by Gasteiger charge is 2.30. The van der Waals surface area contributed by atoms with Crippen LogP contribution in [0.15, 0.2) is 54.6 Å². The maximum absolute atomic E-state index is 13.1. The van der Waals surface area contributed by atoms with E-state index in [9.17, 15) is 24.3 Å². The summed E-state index contributed by atoms with van der Waals surface area (Å²) in [6.45, 7) is 4.72. The standard InChI is InChI=1S/C25H31N3O7/c1-15(2)21(23(31)26-16(3)24(32)33)28-22(30)20(13-17-9-11-19(29)12-10-17)27-25(34)35-14-18-7-5-4-6-8-18/h4-12,15-16,20-21,29H,13-14H2,1-3H3,(H,26,31)(H,27,34)(H,28,30)(H,32,33)/t16-,20-,21-/m0/s1. The first-order valence-corrected chi connectivity index (χ1v) is 11.2. The van der Waals surface area contributed by atoms with Crippen LogP contribution in [0.2, 0.25) is 0 Å². The number of hydrogen-bond acceptors (Lipinski definition) is 6. The molecule has 2 aromatic carbocycles. The maximum atomic E-state index is 13.1. The van der Waals surface area contributed by atoms with Crippen molar-refractivity contribution in [2.45, 2.75) is 51.9 Å². The third-order valence-corrected chi connectivity index (χ3v) is 5.17. The van der Waals surface area contributed by atoms with Gasteiger partial charge in [-0.15, -0.1) is 0 Å².